The Balaban J connectivity index is 2.89. The Morgan fingerprint density at radius 1 is 1.29 bits per heavy atom. The highest BCUT2D eigenvalue weighted by Crippen LogP contribution is 2.34. The van der Waals surface area contributed by atoms with Crippen LogP contribution >= 0.6 is 43.6 Å². The van der Waals surface area contributed by atoms with E-state index in [1.54, 1.807) is 12.1 Å². The molecule has 0 spiro atoms. The highest BCUT2D eigenvalue weighted by Gasteiger charge is 2.29. The molecule has 0 bridgehead atoms. The van der Waals surface area contributed by atoms with Crippen LogP contribution in [0.2, 0.25) is 0 Å². The van der Waals surface area contributed by atoms with Crippen molar-refractivity contribution in [3.05, 3.63) is 35.6 Å². The first-order valence-electron chi connectivity index (χ1n) is 5.64. The maximum Gasteiger partial charge on any atom is 0.123 e. The molecule has 4 heteroatoms. The average molecular weight is 384 g/mol. The Labute approximate surface area is 124 Å². The zero-order valence-electron chi connectivity index (χ0n) is 9.89. The largest absolute Gasteiger partial charge is 0.207 e. The molecule has 96 valence electrons. The SMILES string of the molecule is CCSCCC(CBr)(CBr)c1cccc(F)c1. The van der Waals surface area contributed by atoms with Gasteiger partial charge in [-0.2, -0.15) is 11.8 Å². The van der Waals surface area contributed by atoms with Gasteiger partial charge in [-0.15, -0.1) is 0 Å². The molecule has 0 heterocycles. The second kappa shape index (κ2) is 7.80. The minimum atomic E-state index is -0.156. The van der Waals surface area contributed by atoms with E-state index in [1.165, 1.54) is 6.07 Å². The van der Waals surface area contributed by atoms with Crippen LogP contribution in [0.4, 0.5) is 4.39 Å². The number of hydrogen-bond donors (Lipinski definition) is 0. The van der Waals surface area contributed by atoms with E-state index >= 15 is 0 Å². The van der Waals surface area contributed by atoms with Gasteiger partial charge < -0.3 is 0 Å². The van der Waals surface area contributed by atoms with Crippen LogP contribution in [-0.2, 0) is 5.41 Å². The van der Waals surface area contributed by atoms with E-state index in [0.717, 1.165) is 34.2 Å². The number of alkyl halides is 2. The Bertz CT molecular complexity index is 340. The normalized spacial score (nSPS) is 11.8. The zero-order valence-corrected chi connectivity index (χ0v) is 13.9. The summed E-state index contributed by atoms with van der Waals surface area (Å²) in [6.07, 6.45) is 1.05. The molecule has 0 radical (unpaired) electrons. The minimum Gasteiger partial charge on any atom is -0.207 e. The highest BCUT2D eigenvalue weighted by atomic mass is 79.9. The van der Waals surface area contributed by atoms with Crippen molar-refractivity contribution in [3.8, 4) is 0 Å². The van der Waals surface area contributed by atoms with Gasteiger partial charge in [-0.3, -0.25) is 0 Å². The van der Waals surface area contributed by atoms with Gasteiger partial charge in [0.05, 0.1) is 0 Å². The molecule has 1 aromatic carbocycles. The van der Waals surface area contributed by atoms with Crippen LogP contribution in [-0.4, -0.2) is 22.2 Å². The second-order valence-electron chi connectivity index (χ2n) is 4.00. The van der Waals surface area contributed by atoms with Crippen molar-refractivity contribution in [1.29, 1.82) is 0 Å². The van der Waals surface area contributed by atoms with Gasteiger partial charge in [-0.25, -0.2) is 4.39 Å². The first-order valence-corrected chi connectivity index (χ1v) is 9.04. The predicted molar refractivity (Wildman–Crippen MR) is 83.3 cm³/mol. The fourth-order valence-electron chi connectivity index (χ4n) is 1.70. The molecule has 0 aliphatic rings. The maximum absolute atomic E-state index is 13.3. The molecule has 0 saturated heterocycles. The standard InChI is InChI=1S/C13H17Br2FS/c1-2-17-7-6-13(9-14,10-15)11-4-3-5-12(16)8-11/h3-5,8H,2,6-7,9-10H2,1H3. The predicted octanol–water partition coefficient (Wildman–Crippen LogP) is 5.00. The molecule has 0 unspecified atom stereocenters. The van der Waals surface area contributed by atoms with Gasteiger partial charge in [0, 0.05) is 16.1 Å². The lowest BCUT2D eigenvalue weighted by Crippen LogP contribution is -2.31. The Kier molecular flexibility index (Phi) is 7.12. The molecule has 1 aromatic rings. The summed E-state index contributed by atoms with van der Waals surface area (Å²) in [5, 5.41) is 1.69. The van der Waals surface area contributed by atoms with E-state index in [0.29, 0.717) is 0 Å². The fraction of sp³-hybridized carbons (Fsp3) is 0.538. The summed E-state index contributed by atoms with van der Waals surface area (Å²) >= 11 is 9.10. The average Bonchev–Trinajstić information content (AvgIpc) is 2.35. The molecule has 0 N–H and O–H groups in total. The van der Waals surface area contributed by atoms with Crippen molar-refractivity contribution in [1.82, 2.24) is 0 Å². The first-order chi connectivity index (χ1) is 8.18. The zero-order chi connectivity index (χ0) is 12.7. The van der Waals surface area contributed by atoms with Gasteiger partial charge in [-0.1, -0.05) is 50.9 Å². The number of rotatable bonds is 7. The summed E-state index contributed by atoms with van der Waals surface area (Å²) in [5.41, 5.74) is 1.06. The molecule has 0 aliphatic carbocycles. The molecule has 17 heavy (non-hydrogen) atoms. The van der Waals surface area contributed by atoms with Gasteiger partial charge in [0.15, 0.2) is 0 Å². The van der Waals surface area contributed by atoms with Gasteiger partial charge in [0.25, 0.3) is 0 Å². The number of hydrogen-bond acceptors (Lipinski definition) is 1. The van der Waals surface area contributed by atoms with E-state index in [2.05, 4.69) is 38.8 Å². The molecule has 0 fully saturated rings. The third-order valence-electron chi connectivity index (χ3n) is 2.88. The van der Waals surface area contributed by atoms with Gasteiger partial charge in [-0.05, 0) is 35.6 Å². The fourth-order valence-corrected chi connectivity index (χ4v) is 4.66. The number of thioether (sulfide) groups is 1. The Morgan fingerprint density at radius 3 is 2.53 bits per heavy atom. The summed E-state index contributed by atoms with van der Waals surface area (Å²) < 4.78 is 13.3. The molecule has 0 atom stereocenters. The third-order valence-corrected chi connectivity index (χ3v) is 5.93. The lowest BCUT2D eigenvalue weighted by atomic mass is 9.82. The Morgan fingerprint density at radius 2 is 2.00 bits per heavy atom. The van der Waals surface area contributed by atoms with Crippen LogP contribution in [0.1, 0.15) is 18.9 Å². The second-order valence-corrected chi connectivity index (χ2v) is 6.52. The summed E-state index contributed by atoms with van der Waals surface area (Å²) in [6.45, 7) is 2.16. The molecule has 1 rings (SSSR count). The molecular weight excluding hydrogens is 367 g/mol. The summed E-state index contributed by atoms with van der Waals surface area (Å²) in [6, 6.07) is 6.95. The molecule has 0 saturated carbocycles. The summed E-state index contributed by atoms with van der Waals surface area (Å²) in [7, 11) is 0. The lowest BCUT2D eigenvalue weighted by molar-refractivity contribution is 0.530. The molecular formula is C13H17Br2FS. The van der Waals surface area contributed by atoms with Crippen LogP contribution in [0.5, 0.6) is 0 Å². The molecule has 0 amide bonds. The van der Waals surface area contributed by atoms with Gasteiger partial charge in [0.1, 0.15) is 5.82 Å². The van der Waals surface area contributed by atoms with E-state index in [-0.39, 0.29) is 11.2 Å². The first kappa shape index (κ1) is 15.5. The van der Waals surface area contributed by atoms with Gasteiger partial charge in [0.2, 0.25) is 0 Å². The molecule has 0 nitrogen and oxygen atoms in total. The summed E-state index contributed by atoms with van der Waals surface area (Å²) in [4.78, 5) is 0. The quantitative estimate of drug-likeness (QED) is 0.471. The topological polar surface area (TPSA) is 0 Å². The van der Waals surface area contributed by atoms with E-state index in [1.807, 2.05) is 17.8 Å². The van der Waals surface area contributed by atoms with Crippen LogP contribution in [0, 0.1) is 5.82 Å². The number of benzene rings is 1. The Hall–Kier alpha value is 0.460. The van der Waals surface area contributed by atoms with E-state index in [9.17, 15) is 4.39 Å². The van der Waals surface area contributed by atoms with Gasteiger partial charge >= 0.3 is 0 Å². The van der Waals surface area contributed by atoms with Crippen molar-refractivity contribution < 1.29 is 4.39 Å². The van der Waals surface area contributed by atoms with Crippen molar-refractivity contribution in [2.75, 3.05) is 22.2 Å². The van der Waals surface area contributed by atoms with Crippen molar-refractivity contribution >= 4 is 43.6 Å². The maximum atomic E-state index is 13.3. The minimum absolute atomic E-state index is 0.00965. The smallest absolute Gasteiger partial charge is 0.123 e. The van der Waals surface area contributed by atoms with Crippen molar-refractivity contribution in [2.45, 2.75) is 18.8 Å². The highest BCUT2D eigenvalue weighted by molar-refractivity contribution is 9.09. The van der Waals surface area contributed by atoms with Crippen LogP contribution in [0.3, 0.4) is 0 Å². The molecule has 0 aliphatic heterocycles. The molecule has 0 aromatic heterocycles. The lowest BCUT2D eigenvalue weighted by Gasteiger charge is -2.30. The summed E-state index contributed by atoms with van der Waals surface area (Å²) in [5.74, 6) is 2.07. The number of halogens is 3. The third kappa shape index (κ3) is 4.25. The van der Waals surface area contributed by atoms with Crippen LogP contribution in [0.25, 0.3) is 0 Å². The monoisotopic (exact) mass is 382 g/mol. The van der Waals surface area contributed by atoms with Crippen molar-refractivity contribution in [3.63, 3.8) is 0 Å². The van der Waals surface area contributed by atoms with Crippen molar-refractivity contribution in [2.24, 2.45) is 0 Å². The van der Waals surface area contributed by atoms with Crippen LogP contribution in [0.15, 0.2) is 24.3 Å². The van der Waals surface area contributed by atoms with E-state index in [4.69, 9.17) is 0 Å². The van der Waals surface area contributed by atoms with Crippen LogP contribution < -0.4 is 0 Å². The van der Waals surface area contributed by atoms with E-state index < -0.39 is 0 Å².